The van der Waals surface area contributed by atoms with Gasteiger partial charge in [0.05, 0.1) is 19.5 Å². The molecule has 10 heteroatoms. The lowest BCUT2D eigenvalue weighted by Gasteiger charge is -2.43. The fourth-order valence-electron chi connectivity index (χ4n) is 4.44. The van der Waals surface area contributed by atoms with E-state index >= 15 is 0 Å². The van der Waals surface area contributed by atoms with Gasteiger partial charge in [-0.05, 0) is 43.1 Å². The topological polar surface area (TPSA) is 158 Å². The van der Waals surface area contributed by atoms with Crippen molar-refractivity contribution in [2.45, 2.75) is 81.0 Å². The van der Waals surface area contributed by atoms with Gasteiger partial charge in [-0.15, -0.1) is 0 Å². The zero-order valence-corrected chi connectivity index (χ0v) is 16.0. The van der Waals surface area contributed by atoms with E-state index in [1.807, 2.05) is 0 Å². The average Bonchev–Trinajstić information content (AvgIpc) is 2.70. The van der Waals surface area contributed by atoms with Crippen molar-refractivity contribution < 1.29 is 49.6 Å². The van der Waals surface area contributed by atoms with Gasteiger partial charge in [-0.2, -0.15) is 0 Å². The molecule has 2 heterocycles. The van der Waals surface area contributed by atoms with Crippen LogP contribution in [0.1, 0.15) is 25.7 Å². The molecule has 2 bridgehead atoms. The van der Waals surface area contributed by atoms with Crippen molar-refractivity contribution in [2.24, 2.45) is 11.8 Å². The second kappa shape index (κ2) is 8.74. The molecular weight excluding hydrogens is 388 g/mol. The number of fused-ring (bicyclic) bond motifs is 2. The van der Waals surface area contributed by atoms with Crippen LogP contribution in [0.15, 0.2) is 11.8 Å². The smallest absolute Gasteiger partial charge is 0.228 e. The normalized spacial score (nSPS) is 51.5. The van der Waals surface area contributed by atoms with E-state index in [-0.39, 0.29) is 13.2 Å². The van der Waals surface area contributed by atoms with Crippen LogP contribution in [0.2, 0.25) is 0 Å². The first-order valence-corrected chi connectivity index (χ1v) is 10.2. The van der Waals surface area contributed by atoms with Gasteiger partial charge in [0.25, 0.3) is 0 Å². The first-order chi connectivity index (χ1) is 13.8. The van der Waals surface area contributed by atoms with Crippen LogP contribution < -0.4 is 0 Å². The lowest BCUT2D eigenvalue weighted by molar-refractivity contribution is -0.313. The van der Waals surface area contributed by atoms with Crippen molar-refractivity contribution in [3.8, 4) is 0 Å². The maximum Gasteiger partial charge on any atom is 0.228 e. The molecular formula is C19H30O10. The zero-order chi connectivity index (χ0) is 20.7. The Kier molecular flexibility index (Phi) is 6.45. The van der Waals surface area contributed by atoms with Gasteiger partial charge < -0.3 is 49.6 Å². The summed E-state index contributed by atoms with van der Waals surface area (Å²) in [4.78, 5) is 0. The first kappa shape index (κ1) is 21.4. The minimum absolute atomic E-state index is 0.223. The van der Waals surface area contributed by atoms with Gasteiger partial charge >= 0.3 is 0 Å². The van der Waals surface area contributed by atoms with Crippen LogP contribution in [-0.4, -0.2) is 99.2 Å². The Balaban J connectivity index is 1.33. The molecule has 0 unspecified atom stereocenters. The van der Waals surface area contributed by atoms with Gasteiger partial charge in [-0.1, -0.05) is 0 Å². The average molecular weight is 418 g/mol. The Morgan fingerprint density at radius 2 is 1.62 bits per heavy atom. The summed E-state index contributed by atoms with van der Waals surface area (Å²) in [5.74, 6) is 1.32. The molecule has 2 aliphatic heterocycles. The number of ether oxygens (including phenoxy) is 4. The molecule has 166 valence electrons. The van der Waals surface area contributed by atoms with Gasteiger partial charge in [0.1, 0.15) is 42.7 Å². The highest BCUT2D eigenvalue weighted by Crippen LogP contribution is 2.48. The molecule has 0 aromatic heterocycles. The van der Waals surface area contributed by atoms with Gasteiger partial charge in [-0.25, -0.2) is 0 Å². The number of hydrogen-bond acceptors (Lipinski definition) is 10. The summed E-state index contributed by atoms with van der Waals surface area (Å²) >= 11 is 0. The Morgan fingerprint density at radius 3 is 2.31 bits per heavy atom. The largest absolute Gasteiger partial charge is 0.470 e. The highest BCUT2D eigenvalue weighted by Gasteiger charge is 2.46. The lowest BCUT2D eigenvalue weighted by Crippen LogP contribution is -2.60. The first-order valence-electron chi connectivity index (χ1n) is 10.2. The predicted molar refractivity (Wildman–Crippen MR) is 95.0 cm³/mol. The molecule has 5 fully saturated rings. The summed E-state index contributed by atoms with van der Waals surface area (Å²) in [5, 5.41) is 59.7. The second-order valence-electron chi connectivity index (χ2n) is 8.50. The SMILES string of the molecule is O[C@@H]1[C@@H](O)[C@H](O/C=C2\CCC3CC2C3)O[C@H](CO[C@@H]2OC[C@H](O)[C@H](O)[C@H]2O)[C@H]1O. The minimum Gasteiger partial charge on any atom is -0.470 e. The standard InChI is InChI=1S/C19H30O10/c20-11-6-27-18(16(24)13(11)21)28-7-12-14(22)15(23)17(25)19(29-12)26-5-9-2-1-8-3-10(9)4-8/h5,8,10-25H,1-4,6-7H2/b9-5+/t8?,10?,11-,12+,13-,14+,15-,16+,17+,18-,19+/m0/s1. The summed E-state index contributed by atoms with van der Waals surface area (Å²) in [6, 6.07) is 0. The highest BCUT2D eigenvalue weighted by atomic mass is 16.7. The highest BCUT2D eigenvalue weighted by molar-refractivity contribution is 5.13. The molecule has 0 aromatic rings. The number of rotatable bonds is 5. The van der Waals surface area contributed by atoms with Crippen LogP contribution in [-0.2, 0) is 18.9 Å². The van der Waals surface area contributed by atoms with E-state index in [0.717, 1.165) is 31.6 Å². The fraction of sp³-hybridized carbons (Fsp3) is 0.895. The molecule has 9 atom stereocenters. The molecule has 29 heavy (non-hydrogen) atoms. The number of aliphatic hydroxyl groups is 6. The van der Waals surface area contributed by atoms with Crippen molar-refractivity contribution in [2.75, 3.05) is 13.2 Å². The van der Waals surface area contributed by atoms with Crippen LogP contribution in [0.5, 0.6) is 0 Å². The molecule has 3 saturated carbocycles. The van der Waals surface area contributed by atoms with Gasteiger partial charge in [0, 0.05) is 0 Å². The Hall–Kier alpha value is -0.820. The van der Waals surface area contributed by atoms with E-state index in [9.17, 15) is 30.6 Å². The molecule has 5 aliphatic rings. The Labute approximate surface area is 168 Å². The van der Waals surface area contributed by atoms with Crippen molar-refractivity contribution in [3.63, 3.8) is 0 Å². The van der Waals surface area contributed by atoms with Crippen molar-refractivity contribution in [1.82, 2.24) is 0 Å². The molecule has 0 aromatic carbocycles. The summed E-state index contributed by atoms with van der Waals surface area (Å²) in [6.07, 6.45) is -6.02. The third-order valence-corrected chi connectivity index (χ3v) is 6.50. The second-order valence-corrected chi connectivity index (χ2v) is 8.50. The minimum atomic E-state index is -1.51. The van der Waals surface area contributed by atoms with E-state index in [0.29, 0.717) is 5.92 Å². The summed E-state index contributed by atoms with van der Waals surface area (Å²) in [5.41, 5.74) is 1.17. The molecule has 6 N–H and O–H groups in total. The monoisotopic (exact) mass is 418 g/mol. The molecule has 0 amide bonds. The van der Waals surface area contributed by atoms with Crippen LogP contribution in [0.4, 0.5) is 0 Å². The maximum atomic E-state index is 10.2. The van der Waals surface area contributed by atoms with Crippen molar-refractivity contribution >= 4 is 0 Å². The maximum absolute atomic E-state index is 10.2. The molecule has 0 radical (unpaired) electrons. The fourth-order valence-corrected chi connectivity index (χ4v) is 4.44. The van der Waals surface area contributed by atoms with Crippen LogP contribution >= 0.6 is 0 Å². The number of aliphatic hydroxyl groups excluding tert-OH is 6. The number of allylic oxidation sites excluding steroid dienone is 1. The Morgan fingerprint density at radius 1 is 0.897 bits per heavy atom. The summed E-state index contributed by atoms with van der Waals surface area (Å²) in [7, 11) is 0. The van der Waals surface area contributed by atoms with Crippen molar-refractivity contribution in [3.05, 3.63) is 11.8 Å². The van der Waals surface area contributed by atoms with Crippen molar-refractivity contribution in [1.29, 1.82) is 0 Å². The van der Waals surface area contributed by atoms with Gasteiger partial charge in [-0.3, -0.25) is 0 Å². The van der Waals surface area contributed by atoms with E-state index in [2.05, 4.69) is 0 Å². The summed E-state index contributed by atoms with van der Waals surface area (Å²) < 4.78 is 21.7. The van der Waals surface area contributed by atoms with Crippen LogP contribution in [0, 0.1) is 11.8 Å². The zero-order valence-electron chi connectivity index (χ0n) is 16.0. The Bertz CT molecular complexity index is 591. The van der Waals surface area contributed by atoms with E-state index in [1.165, 1.54) is 5.57 Å². The lowest BCUT2D eigenvalue weighted by atomic mass is 9.63. The molecule has 3 aliphatic carbocycles. The van der Waals surface area contributed by atoms with E-state index < -0.39 is 55.3 Å². The van der Waals surface area contributed by atoms with E-state index in [4.69, 9.17) is 18.9 Å². The number of hydrogen-bond donors (Lipinski definition) is 6. The molecule has 2 saturated heterocycles. The van der Waals surface area contributed by atoms with Crippen LogP contribution in [0.3, 0.4) is 0 Å². The van der Waals surface area contributed by atoms with E-state index in [1.54, 1.807) is 6.26 Å². The quantitative estimate of drug-likeness (QED) is 0.275. The predicted octanol–water partition coefficient (Wildman–Crippen LogP) is -2.03. The van der Waals surface area contributed by atoms with Crippen LogP contribution in [0.25, 0.3) is 0 Å². The summed E-state index contributed by atoms with van der Waals surface area (Å²) in [6.45, 7) is -0.518. The molecule has 10 nitrogen and oxygen atoms in total. The van der Waals surface area contributed by atoms with Gasteiger partial charge in [0.2, 0.25) is 6.29 Å². The third kappa shape index (κ3) is 4.32. The third-order valence-electron chi connectivity index (χ3n) is 6.50. The molecule has 5 rings (SSSR count). The molecule has 0 spiro atoms. The van der Waals surface area contributed by atoms with Gasteiger partial charge in [0.15, 0.2) is 6.29 Å².